The first-order valence-corrected chi connectivity index (χ1v) is 9.28. The van der Waals surface area contributed by atoms with Crippen LogP contribution in [0.2, 0.25) is 0 Å². The Morgan fingerprint density at radius 2 is 1.89 bits per heavy atom. The fourth-order valence-electron chi connectivity index (χ4n) is 3.21. The molecule has 3 heterocycles. The normalized spacial score (nSPS) is 15.7. The van der Waals surface area contributed by atoms with Crippen LogP contribution in [0.5, 0.6) is 11.5 Å². The predicted molar refractivity (Wildman–Crippen MR) is 105 cm³/mol. The van der Waals surface area contributed by atoms with Gasteiger partial charge in [-0.2, -0.15) is 0 Å². The third-order valence-corrected chi connectivity index (χ3v) is 5.42. The Hall–Kier alpha value is -3.32. The molecule has 2 N–H and O–H groups in total. The number of hydrogen-bond acceptors (Lipinski definition) is 6. The number of thiazole rings is 1. The maximum absolute atomic E-state index is 10.5. The van der Waals surface area contributed by atoms with Gasteiger partial charge in [0.05, 0.1) is 17.8 Å². The summed E-state index contributed by atoms with van der Waals surface area (Å²) in [4.78, 5) is 6.37. The average Bonchev–Trinajstić information content (AvgIpc) is 3.41. The lowest BCUT2D eigenvalue weighted by Crippen LogP contribution is -2.25. The molecule has 0 aliphatic carbocycles. The van der Waals surface area contributed by atoms with Gasteiger partial charge in [-0.15, -0.1) is 11.3 Å². The van der Waals surface area contributed by atoms with Crippen LogP contribution in [0.3, 0.4) is 0 Å². The summed E-state index contributed by atoms with van der Waals surface area (Å²) < 4.78 is 10.8. The van der Waals surface area contributed by atoms with Crippen LogP contribution in [0.15, 0.2) is 59.7 Å². The van der Waals surface area contributed by atoms with Gasteiger partial charge in [0.1, 0.15) is 16.6 Å². The molecule has 6 nitrogen and oxygen atoms in total. The molecule has 3 aromatic rings. The molecule has 0 saturated heterocycles. The predicted octanol–water partition coefficient (Wildman–Crippen LogP) is 4.31. The summed E-state index contributed by atoms with van der Waals surface area (Å²) in [6, 6.07) is 15.4. The SMILES string of the molecule is N=C1C(c2nc(-c3ccccc3)cs2)=C(O)CN1c1ccc2c(c1)OCO2. The molecule has 0 fully saturated rings. The van der Waals surface area contributed by atoms with Crippen molar-refractivity contribution < 1.29 is 14.6 Å². The molecule has 2 aliphatic heterocycles. The van der Waals surface area contributed by atoms with Crippen molar-refractivity contribution in [1.29, 1.82) is 5.41 Å². The van der Waals surface area contributed by atoms with Crippen molar-refractivity contribution in [2.45, 2.75) is 0 Å². The molecule has 27 heavy (non-hydrogen) atoms. The van der Waals surface area contributed by atoms with Crippen LogP contribution in [0, 0.1) is 5.41 Å². The van der Waals surface area contributed by atoms with Crippen LogP contribution in [0.25, 0.3) is 16.8 Å². The van der Waals surface area contributed by atoms with Crippen molar-refractivity contribution >= 4 is 28.4 Å². The Balaban J connectivity index is 1.45. The highest BCUT2D eigenvalue weighted by molar-refractivity contribution is 7.11. The molecule has 1 aromatic heterocycles. The van der Waals surface area contributed by atoms with Crippen LogP contribution in [0.4, 0.5) is 5.69 Å². The minimum atomic E-state index is 0.145. The molecular weight excluding hydrogens is 362 g/mol. The number of aromatic nitrogens is 1. The molecule has 0 unspecified atom stereocenters. The summed E-state index contributed by atoms with van der Waals surface area (Å²) in [7, 11) is 0. The van der Waals surface area contributed by atoms with Gasteiger partial charge in [-0.05, 0) is 12.1 Å². The first kappa shape index (κ1) is 15.9. The summed E-state index contributed by atoms with van der Waals surface area (Å²) in [5.41, 5.74) is 3.09. The van der Waals surface area contributed by atoms with Crippen molar-refractivity contribution in [3.8, 4) is 22.8 Å². The van der Waals surface area contributed by atoms with Gasteiger partial charge in [-0.3, -0.25) is 5.41 Å². The number of nitrogens with zero attached hydrogens (tertiary/aromatic N) is 2. The molecule has 2 aromatic carbocycles. The largest absolute Gasteiger partial charge is 0.510 e. The average molecular weight is 377 g/mol. The number of hydrogen-bond donors (Lipinski definition) is 2. The fourth-order valence-corrected chi connectivity index (χ4v) is 4.10. The first-order chi connectivity index (χ1) is 13.2. The van der Waals surface area contributed by atoms with E-state index in [1.54, 1.807) is 4.90 Å². The van der Waals surface area contributed by atoms with Crippen LogP contribution >= 0.6 is 11.3 Å². The molecule has 0 atom stereocenters. The monoisotopic (exact) mass is 377 g/mol. The molecule has 0 amide bonds. The second-order valence-electron chi connectivity index (χ2n) is 6.20. The maximum atomic E-state index is 10.5. The minimum Gasteiger partial charge on any atom is -0.510 e. The second kappa shape index (κ2) is 6.14. The van der Waals surface area contributed by atoms with E-state index in [1.807, 2.05) is 53.9 Å². The Labute approximate surface area is 159 Å². The summed E-state index contributed by atoms with van der Waals surface area (Å²) in [5.74, 6) is 1.70. The maximum Gasteiger partial charge on any atom is 0.231 e. The van der Waals surface area contributed by atoms with Gasteiger partial charge in [0.15, 0.2) is 11.5 Å². The van der Waals surface area contributed by atoms with Crippen molar-refractivity contribution in [2.24, 2.45) is 0 Å². The van der Waals surface area contributed by atoms with Crippen LogP contribution in [0.1, 0.15) is 5.01 Å². The number of aliphatic hydroxyl groups excluding tert-OH is 1. The van der Waals surface area contributed by atoms with Crippen molar-refractivity contribution in [3.05, 3.63) is 64.7 Å². The molecule has 0 bridgehead atoms. The van der Waals surface area contributed by atoms with E-state index in [-0.39, 0.29) is 24.9 Å². The Kier molecular flexibility index (Phi) is 3.61. The van der Waals surface area contributed by atoms with E-state index >= 15 is 0 Å². The van der Waals surface area contributed by atoms with Gasteiger partial charge in [0.2, 0.25) is 6.79 Å². The molecule has 0 radical (unpaired) electrons. The topological polar surface area (TPSA) is 78.7 Å². The number of anilines is 1. The second-order valence-corrected chi connectivity index (χ2v) is 7.06. The third-order valence-electron chi connectivity index (χ3n) is 4.56. The zero-order valence-electron chi connectivity index (χ0n) is 14.2. The van der Waals surface area contributed by atoms with E-state index in [2.05, 4.69) is 4.98 Å². The van der Waals surface area contributed by atoms with Crippen LogP contribution < -0.4 is 14.4 Å². The molecule has 7 heteroatoms. The van der Waals surface area contributed by atoms with E-state index in [1.165, 1.54) is 11.3 Å². The molecular formula is C20H15N3O3S. The number of amidine groups is 1. The first-order valence-electron chi connectivity index (χ1n) is 8.40. The number of ether oxygens (including phenoxy) is 2. The summed E-state index contributed by atoms with van der Waals surface area (Å²) in [6.07, 6.45) is 0. The Bertz CT molecular complexity index is 1080. The number of aliphatic hydroxyl groups is 1. The highest BCUT2D eigenvalue weighted by Gasteiger charge is 2.32. The summed E-state index contributed by atoms with van der Waals surface area (Å²) >= 11 is 1.43. The van der Waals surface area contributed by atoms with Gasteiger partial charge in [-0.1, -0.05) is 30.3 Å². The van der Waals surface area contributed by atoms with Gasteiger partial charge < -0.3 is 19.5 Å². The lowest BCUT2D eigenvalue weighted by Gasteiger charge is -2.18. The quantitative estimate of drug-likeness (QED) is 0.711. The number of fused-ring (bicyclic) bond motifs is 1. The number of rotatable bonds is 3. The smallest absolute Gasteiger partial charge is 0.231 e. The molecule has 0 spiro atoms. The van der Waals surface area contributed by atoms with Crippen molar-refractivity contribution in [1.82, 2.24) is 4.98 Å². The lowest BCUT2D eigenvalue weighted by molar-refractivity contribution is 0.174. The zero-order valence-corrected chi connectivity index (χ0v) is 15.0. The molecule has 5 rings (SSSR count). The molecule has 0 saturated carbocycles. The zero-order chi connectivity index (χ0) is 18.4. The van der Waals surface area contributed by atoms with E-state index in [0.29, 0.717) is 22.1 Å². The van der Waals surface area contributed by atoms with E-state index in [0.717, 1.165) is 16.9 Å². The highest BCUT2D eigenvalue weighted by atomic mass is 32.1. The Morgan fingerprint density at radius 1 is 1.07 bits per heavy atom. The van der Waals surface area contributed by atoms with Crippen LogP contribution in [-0.4, -0.2) is 29.3 Å². The van der Waals surface area contributed by atoms with Crippen LogP contribution in [-0.2, 0) is 0 Å². The minimum absolute atomic E-state index is 0.145. The van der Waals surface area contributed by atoms with E-state index < -0.39 is 0 Å². The van der Waals surface area contributed by atoms with Gasteiger partial charge in [0.25, 0.3) is 0 Å². The standard InChI is InChI=1S/C20H15N3O3S/c21-19-18(20-22-14(10-27-20)12-4-2-1-3-5-12)15(24)9-23(19)13-6-7-16-17(8-13)26-11-25-16/h1-8,10,21,24H,9,11H2. The van der Waals surface area contributed by atoms with Gasteiger partial charge in [-0.25, -0.2) is 4.98 Å². The highest BCUT2D eigenvalue weighted by Crippen LogP contribution is 2.39. The Morgan fingerprint density at radius 3 is 2.74 bits per heavy atom. The van der Waals surface area contributed by atoms with Gasteiger partial charge in [0, 0.05) is 22.7 Å². The molecule has 134 valence electrons. The van der Waals surface area contributed by atoms with Gasteiger partial charge >= 0.3 is 0 Å². The third kappa shape index (κ3) is 2.63. The number of nitrogens with one attached hydrogen (secondary N) is 1. The van der Waals surface area contributed by atoms with Crippen molar-refractivity contribution in [2.75, 3.05) is 18.2 Å². The summed E-state index contributed by atoms with van der Waals surface area (Å²) in [5, 5.41) is 21.7. The van der Waals surface area contributed by atoms with Crippen molar-refractivity contribution in [3.63, 3.8) is 0 Å². The fraction of sp³-hybridized carbons (Fsp3) is 0.100. The van der Waals surface area contributed by atoms with E-state index in [4.69, 9.17) is 14.9 Å². The molecule has 2 aliphatic rings. The lowest BCUT2D eigenvalue weighted by atomic mass is 10.2. The number of benzene rings is 2. The summed E-state index contributed by atoms with van der Waals surface area (Å²) in [6.45, 7) is 0.431. The van der Waals surface area contributed by atoms with E-state index in [9.17, 15) is 5.11 Å².